The second-order valence-electron chi connectivity index (χ2n) is 12.9. The molecule has 2 aliphatic rings. The number of rotatable bonds is 11. The Morgan fingerprint density at radius 1 is 0.913 bits per heavy atom. The van der Waals surface area contributed by atoms with Gasteiger partial charge in [-0.3, -0.25) is 10.1 Å². The van der Waals surface area contributed by atoms with Gasteiger partial charge in [0.05, 0.1) is 17.7 Å². The number of nitrogens with zero attached hydrogens (tertiary/aromatic N) is 1. The summed E-state index contributed by atoms with van der Waals surface area (Å²) in [4.78, 5) is 25.4. The van der Waals surface area contributed by atoms with Crippen LogP contribution in [-0.2, 0) is 15.1 Å². The van der Waals surface area contributed by atoms with E-state index in [0.29, 0.717) is 36.8 Å². The van der Waals surface area contributed by atoms with Gasteiger partial charge in [-0.05, 0) is 79.5 Å². The molecule has 1 amide bonds. The minimum atomic E-state index is -4.78. The number of halogens is 4. The van der Waals surface area contributed by atoms with E-state index < -0.39 is 47.4 Å². The molecule has 1 saturated carbocycles. The van der Waals surface area contributed by atoms with Crippen LogP contribution in [0.1, 0.15) is 87.3 Å². The van der Waals surface area contributed by atoms with Crippen LogP contribution in [0.3, 0.4) is 0 Å². The fraction of sp³-hybridized carbons (Fsp3) is 0.417. The van der Waals surface area contributed by atoms with Crippen LogP contribution in [0.25, 0.3) is 22.3 Å². The molecule has 10 heteroatoms. The highest BCUT2D eigenvalue weighted by Crippen LogP contribution is 2.43. The highest BCUT2D eigenvalue weighted by Gasteiger charge is 2.48. The number of carbonyl (C=O) groups excluding carboxylic acids is 2. The van der Waals surface area contributed by atoms with E-state index in [9.17, 15) is 32.4 Å². The second kappa shape index (κ2) is 12.2. The van der Waals surface area contributed by atoms with Gasteiger partial charge in [-0.15, -0.1) is 0 Å². The molecule has 0 spiro atoms. The van der Waals surface area contributed by atoms with Crippen molar-refractivity contribution in [3.8, 4) is 28.3 Å². The summed E-state index contributed by atoms with van der Waals surface area (Å²) in [6.45, 7) is 6.37. The average molecular weight is 636 g/mol. The number of nitriles is 1. The molecule has 46 heavy (non-hydrogen) atoms. The number of nitrogens with one attached hydrogen (secondary N) is 2. The molecule has 0 unspecified atom stereocenters. The minimum Gasteiger partial charge on any atom is -0.451 e. The molecule has 1 fully saturated rings. The third-order valence-electron chi connectivity index (χ3n) is 8.98. The zero-order valence-electron chi connectivity index (χ0n) is 26.2. The monoisotopic (exact) mass is 635 g/mol. The number of alkyl halides is 4. The van der Waals surface area contributed by atoms with Crippen LogP contribution in [-0.4, -0.2) is 35.3 Å². The van der Waals surface area contributed by atoms with Crippen molar-refractivity contribution in [2.24, 2.45) is 0 Å². The third kappa shape index (κ3) is 6.80. The molecule has 0 radical (unpaired) electrons. The Labute approximate surface area is 266 Å². The molecule has 3 aromatic carbocycles. The average Bonchev–Trinajstić information content (AvgIpc) is 3.74. The Bertz CT molecular complexity index is 1650. The number of hydrogen-bond donors (Lipinski definition) is 2. The van der Waals surface area contributed by atoms with Crippen LogP contribution >= 0.6 is 0 Å². The summed E-state index contributed by atoms with van der Waals surface area (Å²) in [5, 5.41) is 14.2. The van der Waals surface area contributed by atoms with E-state index in [1.165, 1.54) is 26.0 Å². The number of benzene rings is 3. The first-order valence-electron chi connectivity index (χ1n) is 15.5. The largest absolute Gasteiger partial charge is 0.451 e. The normalized spacial score (nSPS) is 17.8. The number of esters is 1. The molecule has 0 aromatic heterocycles. The van der Waals surface area contributed by atoms with E-state index in [0.717, 1.165) is 22.3 Å². The lowest BCUT2D eigenvalue weighted by Crippen LogP contribution is -2.53. The van der Waals surface area contributed by atoms with Crippen molar-refractivity contribution in [1.82, 2.24) is 10.6 Å². The predicted octanol–water partition coefficient (Wildman–Crippen LogP) is 8.08. The predicted molar refractivity (Wildman–Crippen MR) is 166 cm³/mol. The van der Waals surface area contributed by atoms with Crippen LogP contribution in [0.4, 0.5) is 17.6 Å². The van der Waals surface area contributed by atoms with Crippen molar-refractivity contribution in [2.45, 2.75) is 94.9 Å². The number of carbonyl (C=O) groups is 2. The number of amides is 1. The fourth-order valence-corrected chi connectivity index (χ4v) is 6.07. The highest BCUT2D eigenvalue weighted by molar-refractivity contribution is 5.95. The fourth-order valence-electron chi connectivity index (χ4n) is 6.07. The van der Waals surface area contributed by atoms with E-state index in [1.54, 1.807) is 18.2 Å². The zero-order chi connectivity index (χ0) is 33.5. The number of hydrogen-bond acceptors (Lipinski definition) is 5. The Hall–Kier alpha value is -4.23. The summed E-state index contributed by atoms with van der Waals surface area (Å²) in [7, 11) is 0. The zero-order valence-corrected chi connectivity index (χ0v) is 26.2. The molecule has 1 aliphatic heterocycles. The van der Waals surface area contributed by atoms with Crippen molar-refractivity contribution in [3.63, 3.8) is 0 Å². The molecule has 0 saturated heterocycles. The topological polar surface area (TPSA) is 91.2 Å². The third-order valence-corrected chi connectivity index (χ3v) is 8.98. The van der Waals surface area contributed by atoms with Crippen LogP contribution < -0.4 is 10.6 Å². The lowest BCUT2D eigenvalue weighted by Gasteiger charge is -2.30. The van der Waals surface area contributed by atoms with E-state index >= 15 is 0 Å². The highest BCUT2D eigenvalue weighted by atomic mass is 19.4. The van der Waals surface area contributed by atoms with Crippen molar-refractivity contribution in [3.05, 3.63) is 83.4 Å². The van der Waals surface area contributed by atoms with Gasteiger partial charge in [0.1, 0.15) is 22.9 Å². The lowest BCUT2D eigenvalue weighted by atomic mass is 9.85. The van der Waals surface area contributed by atoms with E-state index in [1.807, 2.05) is 56.3 Å². The first-order valence-corrected chi connectivity index (χ1v) is 15.5. The molecule has 2 atom stereocenters. The maximum atomic E-state index is 14.6. The van der Waals surface area contributed by atoms with Gasteiger partial charge < -0.3 is 10.1 Å². The standard InChI is InChI=1S/C36H37F4N3O3/c1-5-35(6-2)28-19-26(15-16-27(28)32(45)46-35)24-9-7-22(8-10-24)23-11-13-25(14-12-23)30(36(38,39)40)42-29(20-33(3,4)37)31(44)43-34(21-41)17-18-34/h7-16,19,29-30,42H,5-6,17-18,20H2,1-4H3,(H,43,44)/t29-,30-/m0/s1. The van der Waals surface area contributed by atoms with Gasteiger partial charge in [-0.25, -0.2) is 9.18 Å². The molecule has 1 heterocycles. The van der Waals surface area contributed by atoms with Gasteiger partial charge in [0.15, 0.2) is 0 Å². The Morgan fingerprint density at radius 3 is 1.91 bits per heavy atom. The van der Waals surface area contributed by atoms with Gasteiger partial charge in [-0.1, -0.05) is 68.4 Å². The molecule has 6 nitrogen and oxygen atoms in total. The van der Waals surface area contributed by atoms with Gasteiger partial charge in [0, 0.05) is 12.0 Å². The molecule has 5 rings (SSSR count). The summed E-state index contributed by atoms with van der Waals surface area (Å²) in [5.41, 5.74) is 0.927. The molecule has 242 valence electrons. The summed E-state index contributed by atoms with van der Waals surface area (Å²) in [6.07, 6.45) is -3.18. The lowest BCUT2D eigenvalue weighted by molar-refractivity contribution is -0.161. The second-order valence-corrected chi connectivity index (χ2v) is 12.9. The molecule has 3 aromatic rings. The molecule has 2 N–H and O–H groups in total. The van der Waals surface area contributed by atoms with E-state index in [2.05, 4.69) is 10.6 Å². The van der Waals surface area contributed by atoms with Gasteiger partial charge in [-0.2, -0.15) is 18.4 Å². The van der Waals surface area contributed by atoms with Crippen LogP contribution in [0.5, 0.6) is 0 Å². The molecule has 0 bridgehead atoms. The van der Waals surface area contributed by atoms with E-state index in [4.69, 9.17) is 4.74 Å². The maximum absolute atomic E-state index is 14.6. The van der Waals surface area contributed by atoms with Crippen molar-refractivity contribution in [2.75, 3.05) is 0 Å². The molecule has 1 aliphatic carbocycles. The molecular formula is C36H37F4N3O3. The van der Waals surface area contributed by atoms with E-state index in [-0.39, 0.29) is 11.5 Å². The van der Waals surface area contributed by atoms with Crippen LogP contribution in [0.2, 0.25) is 0 Å². The van der Waals surface area contributed by atoms with Gasteiger partial charge >= 0.3 is 12.1 Å². The van der Waals surface area contributed by atoms with Gasteiger partial charge in [0.2, 0.25) is 5.91 Å². The summed E-state index contributed by atoms with van der Waals surface area (Å²) in [6, 6.07) is 17.3. The van der Waals surface area contributed by atoms with Crippen molar-refractivity contribution in [1.29, 1.82) is 5.26 Å². The first-order chi connectivity index (χ1) is 21.6. The van der Waals surface area contributed by atoms with Crippen LogP contribution in [0.15, 0.2) is 66.7 Å². The molecular weight excluding hydrogens is 598 g/mol. The quantitative estimate of drug-likeness (QED) is 0.164. The van der Waals surface area contributed by atoms with Gasteiger partial charge in [0.25, 0.3) is 0 Å². The Morgan fingerprint density at radius 2 is 1.43 bits per heavy atom. The summed E-state index contributed by atoms with van der Waals surface area (Å²) < 4.78 is 63.4. The first kappa shape index (κ1) is 33.1. The number of cyclic esters (lactones) is 1. The number of fused-ring (bicyclic) bond motifs is 1. The summed E-state index contributed by atoms with van der Waals surface area (Å²) in [5.74, 6) is -1.16. The summed E-state index contributed by atoms with van der Waals surface area (Å²) >= 11 is 0. The number of ether oxygens (including phenoxy) is 1. The SMILES string of the molecule is CCC1(CC)OC(=O)c2ccc(-c3ccc(-c4ccc([C@H](N[C@@H](CC(C)(C)F)C(=O)NC5(C#N)CC5)C(F)(F)F)cc4)cc3)cc21. The smallest absolute Gasteiger partial charge is 0.407 e. The minimum absolute atomic E-state index is 0.131. The van der Waals surface area contributed by atoms with Crippen molar-refractivity contribution < 1.29 is 31.9 Å². The Kier molecular flexibility index (Phi) is 8.77. The van der Waals surface area contributed by atoms with Crippen molar-refractivity contribution >= 4 is 11.9 Å². The maximum Gasteiger partial charge on any atom is 0.407 e. The van der Waals surface area contributed by atoms with Crippen LogP contribution in [0, 0.1) is 11.3 Å². The Balaban J connectivity index is 1.36.